The van der Waals surface area contributed by atoms with Crippen LogP contribution in [0.2, 0.25) is 0 Å². The molecule has 1 aliphatic rings. The van der Waals surface area contributed by atoms with Crippen LogP contribution in [-0.2, 0) is 0 Å². The fourth-order valence-corrected chi connectivity index (χ4v) is 3.82. The van der Waals surface area contributed by atoms with Gasteiger partial charge < -0.3 is 9.88 Å². The van der Waals surface area contributed by atoms with Gasteiger partial charge in [0.2, 0.25) is 0 Å². The lowest BCUT2D eigenvalue weighted by Gasteiger charge is -2.31. The van der Waals surface area contributed by atoms with Crippen molar-refractivity contribution in [3.05, 3.63) is 47.7 Å². The van der Waals surface area contributed by atoms with E-state index >= 15 is 0 Å². The standard InChI is InChI=1S/C18H19N9O/c1-11-4-2-6-14-15(11)22-16(21-14)12-5-3-7-26(9-12)18(28)13-8-19-23-17(13)27-10-20-24-25-27/h2,4,6,8,10,12H,3,5,7,9H2,1H3,(H,19,23)(H,21,22)/t12-/m0/s1. The van der Waals surface area contributed by atoms with Gasteiger partial charge in [0.05, 0.1) is 17.2 Å². The Morgan fingerprint density at radius 3 is 3.07 bits per heavy atom. The summed E-state index contributed by atoms with van der Waals surface area (Å²) in [6.45, 7) is 3.37. The number of aromatic amines is 2. The van der Waals surface area contributed by atoms with Crippen LogP contribution in [0.15, 0.2) is 30.7 Å². The highest BCUT2D eigenvalue weighted by atomic mass is 16.2. The molecule has 0 bridgehead atoms. The summed E-state index contributed by atoms with van der Waals surface area (Å²) in [7, 11) is 0. The van der Waals surface area contributed by atoms with Gasteiger partial charge in [-0.25, -0.2) is 4.98 Å². The summed E-state index contributed by atoms with van der Waals surface area (Å²) in [6.07, 6.45) is 4.87. The number of benzene rings is 1. The molecule has 0 aliphatic carbocycles. The lowest BCUT2D eigenvalue weighted by atomic mass is 9.97. The van der Waals surface area contributed by atoms with Gasteiger partial charge in [-0.2, -0.15) is 9.78 Å². The van der Waals surface area contributed by atoms with E-state index in [1.807, 2.05) is 17.0 Å². The molecule has 0 saturated carbocycles. The average molecular weight is 377 g/mol. The number of fused-ring (bicyclic) bond motifs is 1. The van der Waals surface area contributed by atoms with E-state index in [-0.39, 0.29) is 11.8 Å². The molecule has 1 fully saturated rings. The second-order valence-corrected chi connectivity index (χ2v) is 7.07. The number of amides is 1. The van der Waals surface area contributed by atoms with E-state index in [1.54, 1.807) is 0 Å². The molecule has 1 aliphatic heterocycles. The number of hydrogen-bond acceptors (Lipinski definition) is 6. The number of nitrogens with one attached hydrogen (secondary N) is 2. The van der Waals surface area contributed by atoms with E-state index in [0.29, 0.717) is 24.5 Å². The largest absolute Gasteiger partial charge is 0.342 e. The van der Waals surface area contributed by atoms with Crippen LogP contribution in [0.4, 0.5) is 0 Å². The van der Waals surface area contributed by atoms with Crippen molar-refractivity contribution in [1.29, 1.82) is 0 Å². The number of piperidine rings is 1. The maximum atomic E-state index is 13.1. The fourth-order valence-electron chi connectivity index (χ4n) is 3.82. The van der Waals surface area contributed by atoms with Crippen LogP contribution in [0.25, 0.3) is 16.9 Å². The first-order valence-electron chi connectivity index (χ1n) is 9.22. The highest BCUT2D eigenvalue weighted by molar-refractivity contribution is 5.97. The minimum absolute atomic E-state index is 0.0868. The van der Waals surface area contributed by atoms with Gasteiger partial charge >= 0.3 is 0 Å². The van der Waals surface area contributed by atoms with Crippen LogP contribution in [0.3, 0.4) is 0 Å². The van der Waals surface area contributed by atoms with Gasteiger partial charge in [-0.05, 0) is 41.8 Å². The van der Waals surface area contributed by atoms with Crippen LogP contribution in [0, 0.1) is 6.92 Å². The number of aromatic nitrogens is 8. The van der Waals surface area contributed by atoms with E-state index in [2.05, 4.69) is 43.7 Å². The predicted molar refractivity (Wildman–Crippen MR) is 100 cm³/mol. The van der Waals surface area contributed by atoms with Gasteiger partial charge in [0, 0.05) is 19.0 Å². The van der Waals surface area contributed by atoms with Crippen LogP contribution >= 0.6 is 0 Å². The molecular formula is C18H19N9O. The summed E-state index contributed by atoms with van der Waals surface area (Å²) in [5, 5.41) is 17.9. The molecule has 1 aromatic carbocycles. The zero-order valence-electron chi connectivity index (χ0n) is 15.3. The van der Waals surface area contributed by atoms with Crippen LogP contribution in [-0.4, -0.2) is 64.3 Å². The Bertz CT molecular complexity index is 1130. The topological polar surface area (TPSA) is 121 Å². The van der Waals surface area contributed by atoms with E-state index < -0.39 is 0 Å². The minimum atomic E-state index is -0.0868. The summed E-state index contributed by atoms with van der Waals surface area (Å²) in [4.78, 5) is 23.2. The Morgan fingerprint density at radius 2 is 2.25 bits per heavy atom. The van der Waals surface area contributed by atoms with Crippen molar-refractivity contribution in [3.63, 3.8) is 0 Å². The number of rotatable bonds is 3. The third-order valence-corrected chi connectivity index (χ3v) is 5.26. The summed E-state index contributed by atoms with van der Waals surface area (Å²) in [6, 6.07) is 6.12. The van der Waals surface area contributed by atoms with Crippen molar-refractivity contribution in [3.8, 4) is 5.82 Å². The molecule has 1 saturated heterocycles. The number of carbonyl (C=O) groups excluding carboxylic acids is 1. The number of imidazole rings is 1. The molecule has 0 unspecified atom stereocenters. The number of aryl methyl sites for hydroxylation is 1. The van der Waals surface area contributed by atoms with E-state index in [0.717, 1.165) is 35.3 Å². The zero-order valence-corrected chi connectivity index (χ0v) is 15.3. The quantitative estimate of drug-likeness (QED) is 0.559. The molecule has 28 heavy (non-hydrogen) atoms. The van der Waals surface area contributed by atoms with Crippen molar-refractivity contribution >= 4 is 16.9 Å². The van der Waals surface area contributed by atoms with Gasteiger partial charge in [-0.1, -0.05) is 12.1 Å². The lowest BCUT2D eigenvalue weighted by Crippen LogP contribution is -2.39. The Hall–Kier alpha value is -3.56. The molecular weight excluding hydrogens is 358 g/mol. The third kappa shape index (κ3) is 2.73. The molecule has 4 aromatic rings. The van der Waals surface area contributed by atoms with Crippen molar-refractivity contribution in [2.45, 2.75) is 25.7 Å². The highest BCUT2D eigenvalue weighted by Crippen LogP contribution is 2.28. The Kier molecular flexibility index (Phi) is 3.89. The van der Waals surface area contributed by atoms with E-state index in [9.17, 15) is 4.79 Å². The SMILES string of the molecule is Cc1cccc2[nH]c([C@H]3CCCN(C(=O)c4cn[nH]c4-n4cnnn4)C3)nc12. The second-order valence-electron chi connectivity index (χ2n) is 7.07. The lowest BCUT2D eigenvalue weighted by molar-refractivity contribution is 0.0705. The number of nitrogens with zero attached hydrogens (tertiary/aromatic N) is 7. The van der Waals surface area contributed by atoms with E-state index in [4.69, 9.17) is 4.98 Å². The smallest absolute Gasteiger partial charge is 0.259 e. The number of tetrazole rings is 1. The molecule has 1 atom stereocenters. The van der Waals surface area contributed by atoms with Crippen LogP contribution in [0.1, 0.15) is 40.5 Å². The molecule has 142 valence electrons. The number of hydrogen-bond donors (Lipinski definition) is 2. The predicted octanol–water partition coefficient (Wildman–Crippen LogP) is 1.59. The van der Waals surface area contributed by atoms with Crippen molar-refractivity contribution < 1.29 is 4.79 Å². The van der Waals surface area contributed by atoms with Crippen LogP contribution < -0.4 is 0 Å². The first kappa shape index (κ1) is 16.6. The van der Waals surface area contributed by atoms with Gasteiger partial charge in [0.1, 0.15) is 17.7 Å². The fraction of sp³-hybridized carbons (Fsp3) is 0.333. The zero-order chi connectivity index (χ0) is 19.1. The number of likely N-dealkylation sites (tertiary alicyclic amines) is 1. The molecule has 0 radical (unpaired) electrons. The van der Waals surface area contributed by atoms with Gasteiger partial charge in [-0.3, -0.25) is 9.89 Å². The maximum Gasteiger partial charge on any atom is 0.259 e. The van der Waals surface area contributed by atoms with Crippen LogP contribution in [0.5, 0.6) is 0 Å². The Balaban J connectivity index is 1.40. The monoisotopic (exact) mass is 377 g/mol. The third-order valence-electron chi connectivity index (χ3n) is 5.26. The summed E-state index contributed by atoms with van der Waals surface area (Å²) < 4.78 is 1.41. The Labute approximate surface area is 160 Å². The van der Waals surface area contributed by atoms with Crippen molar-refractivity contribution in [2.75, 3.05) is 13.1 Å². The Morgan fingerprint density at radius 1 is 1.32 bits per heavy atom. The highest BCUT2D eigenvalue weighted by Gasteiger charge is 2.29. The number of carbonyl (C=O) groups is 1. The summed E-state index contributed by atoms with van der Waals surface area (Å²) in [5.74, 6) is 1.50. The molecule has 10 heteroatoms. The summed E-state index contributed by atoms with van der Waals surface area (Å²) in [5.41, 5.74) is 3.63. The second kappa shape index (κ2) is 6.55. The molecule has 4 heterocycles. The molecule has 3 aromatic heterocycles. The minimum Gasteiger partial charge on any atom is -0.342 e. The average Bonchev–Trinajstić information content (AvgIpc) is 3.47. The van der Waals surface area contributed by atoms with Gasteiger partial charge in [-0.15, -0.1) is 5.10 Å². The first-order chi connectivity index (χ1) is 13.7. The summed E-state index contributed by atoms with van der Waals surface area (Å²) >= 11 is 0. The van der Waals surface area contributed by atoms with Crippen molar-refractivity contribution in [2.24, 2.45) is 0 Å². The van der Waals surface area contributed by atoms with Gasteiger partial charge in [0.25, 0.3) is 5.91 Å². The molecule has 5 rings (SSSR count). The van der Waals surface area contributed by atoms with Gasteiger partial charge in [0.15, 0.2) is 5.82 Å². The number of para-hydroxylation sites is 1. The van der Waals surface area contributed by atoms with E-state index in [1.165, 1.54) is 17.2 Å². The molecule has 1 amide bonds. The normalized spacial score (nSPS) is 17.3. The molecule has 0 spiro atoms. The molecule has 10 nitrogen and oxygen atoms in total. The maximum absolute atomic E-state index is 13.1. The molecule has 2 N–H and O–H groups in total. The van der Waals surface area contributed by atoms with Crippen molar-refractivity contribution in [1.82, 2.24) is 45.3 Å². The first-order valence-corrected chi connectivity index (χ1v) is 9.22. The number of H-pyrrole nitrogens is 2.